The minimum atomic E-state index is -2.53. The molecule has 0 spiro atoms. The topological polar surface area (TPSA) is 79.4 Å². The quantitative estimate of drug-likeness (QED) is 0.775. The molecule has 1 aliphatic carbocycles. The van der Waals surface area contributed by atoms with Crippen molar-refractivity contribution in [3.8, 4) is 11.3 Å². The van der Waals surface area contributed by atoms with E-state index in [2.05, 4.69) is 4.98 Å². The Morgan fingerprint density at radius 3 is 2.32 bits per heavy atom. The van der Waals surface area contributed by atoms with Gasteiger partial charge in [0.05, 0.1) is 11.3 Å². The fourth-order valence-electron chi connectivity index (χ4n) is 2.87. The minimum absolute atomic E-state index is 0.157. The third kappa shape index (κ3) is 3.29. The summed E-state index contributed by atoms with van der Waals surface area (Å²) in [6.45, 7) is 0.212. The maximum atomic E-state index is 15.1. The van der Waals surface area contributed by atoms with E-state index in [9.17, 15) is 14.6 Å². The fraction of sp³-hybridized carbons (Fsp3) is 0.421. The van der Waals surface area contributed by atoms with Crippen LogP contribution in [0.1, 0.15) is 40.7 Å². The lowest BCUT2D eigenvalue weighted by atomic mass is 9.88. The van der Waals surface area contributed by atoms with E-state index in [0.717, 1.165) is 18.2 Å². The van der Waals surface area contributed by atoms with Gasteiger partial charge in [-0.05, 0) is 62.9 Å². The summed E-state index contributed by atoms with van der Waals surface area (Å²) in [6.07, 6.45) is 1.10. The number of pyridine rings is 1. The van der Waals surface area contributed by atoms with Crippen LogP contribution in [-0.2, 0) is 11.2 Å². The van der Waals surface area contributed by atoms with E-state index in [4.69, 9.17) is 8.48 Å². The number of benzene rings is 1. The van der Waals surface area contributed by atoms with E-state index in [1.165, 1.54) is 26.0 Å². The Hall–Kier alpha value is -1.89. The zero-order chi connectivity index (χ0) is 20.2. The van der Waals surface area contributed by atoms with Gasteiger partial charge in [0.2, 0.25) is 0 Å². The van der Waals surface area contributed by atoms with E-state index in [1.807, 2.05) is 0 Å². The van der Waals surface area contributed by atoms with Gasteiger partial charge in [-0.2, -0.15) is 0 Å². The monoisotopic (exact) mass is 350 g/mol. The molecule has 1 saturated carbocycles. The van der Waals surface area contributed by atoms with Crippen molar-refractivity contribution in [2.75, 3.05) is 6.50 Å². The average Bonchev–Trinajstić information content (AvgIpc) is 3.38. The van der Waals surface area contributed by atoms with Gasteiger partial charge in [0.15, 0.2) is 5.82 Å². The van der Waals surface area contributed by atoms with E-state index >= 15 is 4.39 Å². The molecule has 1 aliphatic rings. The first-order chi connectivity index (χ1) is 12.4. The number of aromatic nitrogens is 1. The summed E-state index contributed by atoms with van der Waals surface area (Å²) in [6, 6.07) is 6.09. The van der Waals surface area contributed by atoms with Gasteiger partial charge in [0, 0.05) is 20.4 Å². The molecule has 0 bridgehead atoms. The van der Waals surface area contributed by atoms with Crippen molar-refractivity contribution in [2.45, 2.75) is 37.9 Å². The molecule has 4 nitrogen and oxygen atoms in total. The molecule has 1 aromatic carbocycles. The smallest absolute Gasteiger partial charge is 0.155 e. The molecule has 4 N–H and O–H groups in total. The summed E-state index contributed by atoms with van der Waals surface area (Å²) in [5, 5.41) is 21.5. The molecule has 1 atom stereocenters. The summed E-state index contributed by atoms with van der Waals surface area (Å²) in [4.78, 5) is 4.17. The van der Waals surface area contributed by atoms with Gasteiger partial charge < -0.3 is 15.9 Å². The zero-order valence-electron chi connectivity index (χ0n) is 16.1. The third-order valence-corrected chi connectivity index (χ3v) is 4.51. The molecule has 0 aliphatic heterocycles. The summed E-state index contributed by atoms with van der Waals surface area (Å²) < 4.78 is 44.2. The largest absolute Gasteiger partial charge is 0.386 e. The van der Waals surface area contributed by atoms with Crippen LogP contribution in [0, 0.1) is 17.6 Å². The zero-order valence-corrected chi connectivity index (χ0v) is 14.1. The highest BCUT2D eigenvalue weighted by Crippen LogP contribution is 2.46. The van der Waals surface area contributed by atoms with Crippen molar-refractivity contribution in [2.24, 2.45) is 11.7 Å². The number of halogens is 2. The molecule has 0 radical (unpaired) electrons. The maximum absolute atomic E-state index is 15.1. The predicted octanol–water partition coefficient (Wildman–Crippen LogP) is 2.81. The molecule has 2 aromatic rings. The van der Waals surface area contributed by atoms with Crippen molar-refractivity contribution in [1.82, 2.24) is 4.98 Å². The van der Waals surface area contributed by atoms with Crippen molar-refractivity contribution < 1.29 is 21.7 Å². The second-order valence-corrected chi connectivity index (χ2v) is 6.97. The van der Waals surface area contributed by atoms with E-state index in [-0.39, 0.29) is 22.5 Å². The van der Waals surface area contributed by atoms with E-state index in [0.29, 0.717) is 12.8 Å². The van der Waals surface area contributed by atoms with Crippen molar-refractivity contribution in [3.63, 3.8) is 0 Å². The van der Waals surface area contributed by atoms with Gasteiger partial charge in [-0.15, -0.1) is 0 Å². The van der Waals surface area contributed by atoms with E-state index < -0.39 is 35.3 Å². The highest BCUT2D eigenvalue weighted by molar-refractivity contribution is 5.62. The second kappa shape index (κ2) is 6.12. The van der Waals surface area contributed by atoms with Gasteiger partial charge >= 0.3 is 0 Å². The summed E-state index contributed by atoms with van der Waals surface area (Å²) >= 11 is 0. The lowest BCUT2D eigenvalue weighted by Gasteiger charge is -2.29. The number of rotatable bonds is 5. The van der Waals surface area contributed by atoms with Gasteiger partial charge in [0.25, 0.3) is 0 Å². The summed E-state index contributed by atoms with van der Waals surface area (Å²) in [5.74, 6) is -1.80. The van der Waals surface area contributed by atoms with Gasteiger partial charge in [0.1, 0.15) is 17.1 Å². The van der Waals surface area contributed by atoms with Gasteiger partial charge in [-0.3, -0.25) is 0 Å². The molecule has 6 heteroatoms. The first kappa shape index (κ1) is 15.4. The summed E-state index contributed by atoms with van der Waals surface area (Å²) in [5.41, 5.74) is 1.57. The molecule has 1 fully saturated rings. The first-order valence-corrected chi connectivity index (χ1v) is 8.06. The molecule has 1 aromatic heterocycles. The lowest BCUT2D eigenvalue weighted by molar-refractivity contribution is 0.0169. The van der Waals surface area contributed by atoms with Crippen molar-refractivity contribution in [3.05, 3.63) is 53.2 Å². The van der Waals surface area contributed by atoms with Gasteiger partial charge in [-0.1, -0.05) is 0 Å². The summed E-state index contributed by atoms with van der Waals surface area (Å²) in [7, 11) is 0. The van der Waals surface area contributed by atoms with Crippen molar-refractivity contribution >= 4 is 0 Å². The lowest BCUT2D eigenvalue weighted by Crippen LogP contribution is -2.38. The van der Waals surface area contributed by atoms with Crippen LogP contribution in [0.2, 0.25) is 0 Å². The number of nitrogens with two attached hydrogens (primary N) is 1. The molecule has 3 rings (SSSR count). The molecule has 134 valence electrons. The number of nitrogens with zero attached hydrogens (tertiary/aromatic N) is 1. The molecule has 0 saturated heterocycles. The molecular formula is C19H22F2N2O2. The SMILES string of the molecule is [2H]C([2H])(N)C(O)(c1cc(C(C)(C)O)c(F)c(-c2ccc(F)cc2)n1)C1CC1. The Kier molecular flexibility index (Phi) is 3.77. The molecular weight excluding hydrogens is 326 g/mol. The highest BCUT2D eigenvalue weighted by Gasteiger charge is 2.46. The second-order valence-electron chi connectivity index (χ2n) is 6.97. The third-order valence-electron chi connectivity index (χ3n) is 4.51. The van der Waals surface area contributed by atoms with Crippen LogP contribution in [0.15, 0.2) is 30.3 Å². The maximum Gasteiger partial charge on any atom is 0.155 e. The minimum Gasteiger partial charge on any atom is -0.386 e. The van der Waals surface area contributed by atoms with Crippen LogP contribution >= 0.6 is 0 Å². The highest BCUT2D eigenvalue weighted by atomic mass is 19.1. The normalized spacial score (nSPS) is 19.2. The molecule has 1 unspecified atom stereocenters. The van der Waals surface area contributed by atoms with Crippen molar-refractivity contribution in [1.29, 1.82) is 0 Å². The number of hydrogen-bond acceptors (Lipinski definition) is 4. The Labute approximate surface area is 148 Å². The van der Waals surface area contributed by atoms with Gasteiger partial charge in [-0.25, -0.2) is 13.8 Å². The Bertz CT molecular complexity index is 860. The van der Waals surface area contributed by atoms with Crippen LogP contribution in [0.25, 0.3) is 11.3 Å². The number of hydrogen-bond donors (Lipinski definition) is 3. The fourth-order valence-corrected chi connectivity index (χ4v) is 2.87. The van der Waals surface area contributed by atoms with Crippen LogP contribution in [0.4, 0.5) is 8.78 Å². The average molecular weight is 350 g/mol. The van der Waals surface area contributed by atoms with Crippen LogP contribution < -0.4 is 5.73 Å². The Balaban J connectivity index is 2.29. The van der Waals surface area contributed by atoms with Crippen LogP contribution in [0.3, 0.4) is 0 Å². The van der Waals surface area contributed by atoms with E-state index in [1.54, 1.807) is 0 Å². The first-order valence-electron chi connectivity index (χ1n) is 9.06. The molecule has 25 heavy (non-hydrogen) atoms. The molecule has 0 amide bonds. The molecule has 1 heterocycles. The standard InChI is InChI=1S/C19H22F2N2O2/c1-18(2,24)14-9-15(19(25,10-22)12-5-6-12)23-17(16(14)21)11-3-7-13(20)8-4-11/h3-4,7-9,12,24-25H,5-6,10,22H2,1-2H3/i10D2. The Morgan fingerprint density at radius 2 is 1.84 bits per heavy atom. The predicted molar refractivity (Wildman–Crippen MR) is 90.5 cm³/mol. The Morgan fingerprint density at radius 1 is 1.24 bits per heavy atom. The van der Waals surface area contributed by atoms with Crippen LogP contribution in [0.5, 0.6) is 0 Å². The van der Waals surface area contributed by atoms with Crippen LogP contribution in [-0.4, -0.2) is 21.7 Å². The number of aliphatic hydroxyl groups is 2.